The molecule has 0 unspecified atom stereocenters. The summed E-state index contributed by atoms with van der Waals surface area (Å²) in [6.07, 6.45) is 1.78. The van der Waals surface area contributed by atoms with Gasteiger partial charge in [0.15, 0.2) is 0 Å². The maximum absolute atomic E-state index is 13.9. The number of benzene rings is 4. The first kappa shape index (κ1) is 29.5. The number of ether oxygens (including phenoxy) is 2. The number of esters is 1. The quantitative estimate of drug-likeness (QED) is 0.134. The number of amides is 1. The van der Waals surface area contributed by atoms with Gasteiger partial charge in [0.1, 0.15) is 12.4 Å². The average molecular weight is 573 g/mol. The summed E-state index contributed by atoms with van der Waals surface area (Å²) in [6, 6.07) is 28.7. The fourth-order valence-electron chi connectivity index (χ4n) is 5.11. The van der Waals surface area contributed by atoms with Crippen LogP contribution in [0.1, 0.15) is 62.7 Å². The van der Waals surface area contributed by atoms with Crippen LogP contribution in [-0.2, 0) is 11.3 Å². The first-order valence-electron chi connectivity index (χ1n) is 14.6. The van der Waals surface area contributed by atoms with Gasteiger partial charge in [0.25, 0.3) is 5.91 Å². The Balaban J connectivity index is 1.43. The molecule has 6 nitrogen and oxygen atoms in total. The van der Waals surface area contributed by atoms with Crippen molar-refractivity contribution in [1.82, 2.24) is 4.98 Å². The molecule has 1 aromatic heterocycles. The van der Waals surface area contributed by atoms with E-state index in [0.29, 0.717) is 30.0 Å². The smallest absolute Gasteiger partial charge is 0.338 e. The van der Waals surface area contributed by atoms with Crippen molar-refractivity contribution in [2.45, 2.75) is 47.1 Å². The zero-order valence-corrected chi connectivity index (χ0v) is 25.1. The van der Waals surface area contributed by atoms with Gasteiger partial charge in [-0.25, -0.2) is 9.78 Å². The number of carbonyl (C=O) groups excluding carboxylic acids is 2. The van der Waals surface area contributed by atoms with Gasteiger partial charge in [-0.05, 0) is 98.5 Å². The molecule has 0 radical (unpaired) electrons. The minimum absolute atomic E-state index is 0.239. The van der Waals surface area contributed by atoms with Crippen molar-refractivity contribution < 1.29 is 19.1 Å². The summed E-state index contributed by atoms with van der Waals surface area (Å²) >= 11 is 0. The van der Waals surface area contributed by atoms with Crippen LogP contribution in [0, 0.1) is 20.8 Å². The lowest BCUT2D eigenvalue weighted by molar-refractivity contribution is 0.0499. The van der Waals surface area contributed by atoms with E-state index in [-0.39, 0.29) is 11.9 Å². The van der Waals surface area contributed by atoms with Crippen molar-refractivity contribution in [1.29, 1.82) is 0 Å². The number of rotatable bonds is 10. The van der Waals surface area contributed by atoms with Gasteiger partial charge in [-0.1, -0.05) is 55.3 Å². The maximum atomic E-state index is 13.9. The zero-order chi connectivity index (χ0) is 30.3. The number of unbranched alkanes of at least 4 members (excludes halogenated alkanes) is 1. The highest BCUT2D eigenvalue weighted by atomic mass is 16.5. The van der Waals surface area contributed by atoms with Gasteiger partial charge in [0, 0.05) is 16.6 Å². The zero-order valence-electron chi connectivity index (χ0n) is 25.1. The van der Waals surface area contributed by atoms with Crippen LogP contribution in [0.5, 0.6) is 5.75 Å². The molecule has 0 fully saturated rings. The van der Waals surface area contributed by atoms with Crippen LogP contribution in [0.25, 0.3) is 22.2 Å². The Morgan fingerprint density at radius 2 is 1.58 bits per heavy atom. The molecule has 0 aliphatic heterocycles. The van der Waals surface area contributed by atoms with Gasteiger partial charge < -0.3 is 14.8 Å². The number of hydrogen-bond donors (Lipinski definition) is 1. The van der Waals surface area contributed by atoms with E-state index in [1.54, 1.807) is 24.3 Å². The monoisotopic (exact) mass is 572 g/mol. The molecule has 5 aromatic rings. The number of fused-ring (bicyclic) bond motifs is 1. The van der Waals surface area contributed by atoms with E-state index in [2.05, 4.69) is 11.4 Å². The van der Waals surface area contributed by atoms with Crippen LogP contribution in [0.2, 0.25) is 0 Å². The van der Waals surface area contributed by atoms with E-state index in [9.17, 15) is 9.59 Å². The third-order valence-corrected chi connectivity index (χ3v) is 7.38. The molecule has 218 valence electrons. The summed E-state index contributed by atoms with van der Waals surface area (Å²) in [5, 5.41) is 3.83. The maximum Gasteiger partial charge on any atom is 0.338 e. The molecule has 0 saturated carbocycles. The molecule has 6 heteroatoms. The van der Waals surface area contributed by atoms with Gasteiger partial charge in [0.2, 0.25) is 0 Å². The SMILES string of the molecule is CCCCOC(=O)c1ccc(NC(=O)c2c(C)c(-c3ccc(OCc4ccccc4)cc3)nc3c(C)cc(C)cc23)cc1. The Bertz CT molecular complexity index is 1750. The lowest BCUT2D eigenvalue weighted by atomic mass is 9.94. The van der Waals surface area contributed by atoms with Crippen LogP contribution >= 0.6 is 0 Å². The lowest BCUT2D eigenvalue weighted by Crippen LogP contribution is -2.16. The highest BCUT2D eigenvalue weighted by Crippen LogP contribution is 2.33. The molecule has 0 spiro atoms. The number of anilines is 1. The normalized spacial score (nSPS) is 10.9. The second kappa shape index (κ2) is 13.3. The Labute approximate surface area is 252 Å². The van der Waals surface area contributed by atoms with Crippen molar-refractivity contribution >= 4 is 28.5 Å². The molecule has 0 aliphatic carbocycles. The number of nitrogens with zero attached hydrogens (tertiary/aromatic N) is 1. The number of nitrogens with one attached hydrogen (secondary N) is 1. The minimum Gasteiger partial charge on any atom is -0.489 e. The van der Waals surface area contributed by atoms with Gasteiger partial charge in [-0.3, -0.25) is 4.79 Å². The summed E-state index contributed by atoms with van der Waals surface area (Å²) in [5.41, 5.74) is 7.96. The first-order chi connectivity index (χ1) is 20.8. The van der Waals surface area contributed by atoms with Crippen molar-refractivity contribution in [3.05, 3.63) is 124 Å². The molecular weight excluding hydrogens is 536 g/mol. The molecule has 0 saturated heterocycles. The highest BCUT2D eigenvalue weighted by Gasteiger charge is 2.21. The number of pyridine rings is 1. The standard InChI is InChI=1S/C37H36N2O4/c1-5-6-20-42-37(41)29-12-16-30(17-13-29)38-36(40)33-26(4)35(39-34-25(3)21-24(2)22-32(33)34)28-14-18-31(19-15-28)43-23-27-10-8-7-9-11-27/h7-19,21-22H,5-6,20,23H2,1-4H3,(H,38,40). The van der Waals surface area contributed by atoms with Crippen molar-refractivity contribution in [3.63, 3.8) is 0 Å². The lowest BCUT2D eigenvalue weighted by Gasteiger charge is -2.17. The molecule has 1 heterocycles. The highest BCUT2D eigenvalue weighted by molar-refractivity contribution is 6.15. The molecule has 4 aromatic carbocycles. The van der Waals surface area contributed by atoms with Crippen LogP contribution in [-0.4, -0.2) is 23.5 Å². The van der Waals surface area contributed by atoms with E-state index in [4.69, 9.17) is 14.5 Å². The van der Waals surface area contributed by atoms with E-state index in [1.807, 2.05) is 88.4 Å². The number of aromatic nitrogens is 1. The molecule has 43 heavy (non-hydrogen) atoms. The number of hydrogen-bond acceptors (Lipinski definition) is 5. The second-order valence-corrected chi connectivity index (χ2v) is 10.8. The van der Waals surface area contributed by atoms with Crippen LogP contribution in [0.15, 0.2) is 91.0 Å². The molecule has 1 amide bonds. The Morgan fingerprint density at radius 3 is 2.28 bits per heavy atom. The van der Waals surface area contributed by atoms with Gasteiger partial charge >= 0.3 is 5.97 Å². The summed E-state index contributed by atoms with van der Waals surface area (Å²) < 4.78 is 11.3. The van der Waals surface area contributed by atoms with Gasteiger partial charge in [-0.15, -0.1) is 0 Å². The minimum atomic E-state index is -0.366. The number of carbonyl (C=O) groups is 2. The Kier molecular flexibility index (Phi) is 9.16. The van der Waals surface area contributed by atoms with Crippen LogP contribution < -0.4 is 10.1 Å². The third kappa shape index (κ3) is 6.92. The van der Waals surface area contributed by atoms with Crippen molar-refractivity contribution in [3.8, 4) is 17.0 Å². The fourth-order valence-corrected chi connectivity index (χ4v) is 5.11. The summed E-state index contributed by atoms with van der Waals surface area (Å²) in [5.74, 6) is 0.153. The Hall–Kier alpha value is -4.97. The van der Waals surface area contributed by atoms with E-state index in [0.717, 1.165) is 63.0 Å². The van der Waals surface area contributed by atoms with E-state index in [1.165, 1.54) is 0 Å². The third-order valence-electron chi connectivity index (χ3n) is 7.38. The van der Waals surface area contributed by atoms with Crippen LogP contribution in [0.3, 0.4) is 0 Å². The molecule has 1 N–H and O–H groups in total. The molecule has 0 bridgehead atoms. The van der Waals surface area contributed by atoms with Gasteiger partial charge in [-0.2, -0.15) is 0 Å². The largest absolute Gasteiger partial charge is 0.489 e. The summed E-state index contributed by atoms with van der Waals surface area (Å²) in [4.78, 5) is 31.2. The van der Waals surface area contributed by atoms with Crippen molar-refractivity contribution in [2.24, 2.45) is 0 Å². The second-order valence-electron chi connectivity index (χ2n) is 10.8. The molecule has 0 aliphatic rings. The van der Waals surface area contributed by atoms with Crippen LogP contribution in [0.4, 0.5) is 5.69 Å². The topological polar surface area (TPSA) is 77.5 Å². The molecule has 0 atom stereocenters. The van der Waals surface area contributed by atoms with E-state index < -0.39 is 0 Å². The number of aryl methyl sites for hydroxylation is 2. The average Bonchev–Trinajstić information content (AvgIpc) is 3.01. The van der Waals surface area contributed by atoms with E-state index >= 15 is 0 Å². The van der Waals surface area contributed by atoms with Gasteiger partial charge in [0.05, 0.1) is 28.9 Å². The molecular formula is C37H36N2O4. The Morgan fingerprint density at radius 1 is 0.860 bits per heavy atom. The summed E-state index contributed by atoms with van der Waals surface area (Å²) in [7, 11) is 0. The van der Waals surface area contributed by atoms with Crippen molar-refractivity contribution in [2.75, 3.05) is 11.9 Å². The predicted octanol–water partition coefficient (Wildman–Crippen LogP) is 8.62. The first-order valence-corrected chi connectivity index (χ1v) is 14.6. The molecule has 5 rings (SSSR count). The predicted molar refractivity (Wildman–Crippen MR) is 172 cm³/mol. The fraction of sp³-hybridized carbons (Fsp3) is 0.216. The summed E-state index contributed by atoms with van der Waals surface area (Å²) in [6.45, 7) is 8.89.